The predicted molar refractivity (Wildman–Crippen MR) is 110 cm³/mol. The zero-order valence-corrected chi connectivity index (χ0v) is 16.0. The van der Waals surface area contributed by atoms with Crippen LogP contribution in [0.15, 0.2) is 77.1 Å². The summed E-state index contributed by atoms with van der Waals surface area (Å²) in [4.78, 5) is 30.4. The number of aromatic nitrogens is 4. The summed E-state index contributed by atoms with van der Waals surface area (Å²) < 4.78 is 17.6. The minimum atomic E-state index is -0.541. The Kier molecular flexibility index (Phi) is 4.90. The Morgan fingerprint density at radius 3 is 2.66 bits per heavy atom. The van der Waals surface area contributed by atoms with Gasteiger partial charge in [0.15, 0.2) is 11.2 Å². The molecule has 0 saturated heterocycles. The average Bonchev–Trinajstić information content (AvgIpc) is 3.09. The molecular formula is C21H16ClFN4O2. The van der Waals surface area contributed by atoms with E-state index in [4.69, 9.17) is 11.6 Å². The molecule has 2 aromatic heterocycles. The van der Waals surface area contributed by atoms with Gasteiger partial charge in [0.25, 0.3) is 5.56 Å². The van der Waals surface area contributed by atoms with E-state index in [0.29, 0.717) is 16.3 Å². The van der Waals surface area contributed by atoms with Gasteiger partial charge in [-0.25, -0.2) is 18.7 Å². The van der Waals surface area contributed by atoms with Crippen molar-refractivity contribution in [1.29, 1.82) is 0 Å². The quantitative estimate of drug-likeness (QED) is 0.474. The molecule has 0 spiro atoms. The van der Waals surface area contributed by atoms with Gasteiger partial charge in [-0.05, 0) is 35.9 Å². The molecule has 29 heavy (non-hydrogen) atoms. The molecule has 4 aromatic rings. The third-order valence-corrected chi connectivity index (χ3v) is 4.76. The van der Waals surface area contributed by atoms with Crippen molar-refractivity contribution in [3.05, 3.63) is 105 Å². The van der Waals surface area contributed by atoms with Crippen LogP contribution < -0.4 is 11.2 Å². The molecule has 146 valence electrons. The highest BCUT2D eigenvalue weighted by Gasteiger charge is 2.19. The van der Waals surface area contributed by atoms with Gasteiger partial charge in [0, 0.05) is 18.1 Å². The van der Waals surface area contributed by atoms with Crippen LogP contribution in [0.5, 0.6) is 0 Å². The van der Waals surface area contributed by atoms with Gasteiger partial charge in [-0.3, -0.25) is 9.36 Å². The number of nitrogens with zero attached hydrogens (tertiary/aromatic N) is 4. The monoisotopic (exact) mass is 410 g/mol. The fourth-order valence-corrected chi connectivity index (χ4v) is 3.45. The van der Waals surface area contributed by atoms with Crippen molar-refractivity contribution in [2.75, 3.05) is 0 Å². The van der Waals surface area contributed by atoms with Crippen LogP contribution in [0.2, 0.25) is 5.02 Å². The number of rotatable bonds is 5. The predicted octanol–water partition coefficient (Wildman–Crippen LogP) is 3.38. The molecule has 2 heterocycles. The first-order chi connectivity index (χ1) is 14.0. The molecule has 0 aliphatic heterocycles. The zero-order chi connectivity index (χ0) is 20.5. The number of benzene rings is 2. The van der Waals surface area contributed by atoms with Crippen molar-refractivity contribution in [2.24, 2.45) is 0 Å². The van der Waals surface area contributed by atoms with Gasteiger partial charge >= 0.3 is 5.69 Å². The van der Waals surface area contributed by atoms with Gasteiger partial charge in [-0.2, -0.15) is 0 Å². The first kappa shape index (κ1) is 18.9. The SMILES string of the molecule is C=CCn1c(=O)c2c(ncn2Cc2cccc(F)c2)n(-c2cccc(Cl)c2)c1=O. The molecule has 0 amide bonds. The molecule has 0 aliphatic rings. The van der Waals surface area contributed by atoms with E-state index in [9.17, 15) is 14.0 Å². The molecule has 0 saturated carbocycles. The lowest BCUT2D eigenvalue weighted by Crippen LogP contribution is -2.39. The molecule has 0 aliphatic carbocycles. The minimum Gasteiger partial charge on any atom is -0.320 e. The van der Waals surface area contributed by atoms with E-state index >= 15 is 0 Å². The molecule has 0 atom stereocenters. The van der Waals surface area contributed by atoms with Crippen molar-refractivity contribution in [3.8, 4) is 5.69 Å². The second-order valence-electron chi connectivity index (χ2n) is 6.48. The van der Waals surface area contributed by atoms with E-state index in [1.807, 2.05) is 0 Å². The van der Waals surface area contributed by atoms with E-state index in [1.165, 1.54) is 29.1 Å². The summed E-state index contributed by atoms with van der Waals surface area (Å²) in [6, 6.07) is 12.8. The van der Waals surface area contributed by atoms with E-state index < -0.39 is 11.2 Å². The molecule has 8 heteroatoms. The molecule has 6 nitrogen and oxygen atoms in total. The number of allylic oxidation sites excluding steroid dienone is 1. The molecule has 0 unspecified atom stereocenters. The molecule has 2 aromatic carbocycles. The van der Waals surface area contributed by atoms with Gasteiger partial charge in [-0.1, -0.05) is 35.9 Å². The second kappa shape index (κ2) is 7.52. The highest BCUT2D eigenvalue weighted by Crippen LogP contribution is 2.18. The lowest BCUT2D eigenvalue weighted by atomic mass is 10.2. The van der Waals surface area contributed by atoms with Crippen LogP contribution >= 0.6 is 11.6 Å². The maximum atomic E-state index is 13.6. The topological polar surface area (TPSA) is 61.8 Å². The lowest BCUT2D eigenvalue weighted by molar-refractivity contribution is 0.623. The second-order valence-corrected chi connectivity index (χ2v) is 6.91. The van der Waals surface area contributed by atoms with Crippen LogP contribution in [0.25, 0.3) is 16.9 Å². The van der Waals surface area contributed by atoms with Crippen LogP contribution in [-0.4, -0.2) is 18.7 Å². The summed E-state index contributed by atoms with van der Waals surface area (Å²) in [5.74, 6) is -0.369. The third kappa shape index (κ3) is 3.40. The van der Waals surface area contributed by atoms with Crippen molar-refractivity contribution >= 4 is 22.8 Å². The molecule has 0 radical (unpaired) electrons. The summed E-state index contributed by atoms with van der Waals surface area (Å²) in [6.45, 7) is 3.90. The summed E-state index contributed by atoms with van der Waals surface area (Å²) >= 11 is 6.10. The van der Waals surface area contributed by atoms with E-state index in [2.05, 4.69) is 11.6 Å². The fraction of sp³-hybridized carbons (Fsp3) is 0.0952. The number of fused-ring (bicyclic) bond motifs is 1. The van der Waals surface area contributed by atoms with Crippen LogP contribution in [0.4, 0.5) is 4.39 Å². The standard InChI is InChI=1S/C21H16ClFN4O2/c1-2-9-26-20(28)18-19(27(21(26)29)17-8-4-6-15(22)11-17)24-13-25(18)12-14-5-3-7-16(23)10-14/h2-8,10-11,13H,1,9,12H2. The Balaban J connectivity index is 2.01. The molecule has 0 bridgehead atoms. The van der Waals surface area contributed by atoms with Crippen molar-refractivity contribution in [1.82, 2.24) is 18.7 Å². The van der Waals surface area contributed by atoms with E-state index in [-0.39, 0.29) is 30.1 Å². The Morgan fingerprint density at radius 2 is 1.93 bits per heavy atom. The Bertz CT molecular complexity index is 1350. The van der Waals surface area contributed by atoms with Crippen LogP contribution in [0.3, 0.4) is 0 Å². The van der Waals surface area contributed by atoms with E-state index in [0.717, 1.165) is 4.57 Å². The minimum absolute atomic E-state index is 0.0410. The van der Waals surface area contributed by atoms with Gasteiger partial charge in [0.1, 0.15) is 5.82 Å². The number of halogens is 2. The molecule has 4 rings (SSSR count). The maximum absolute atomic E-state index is 13.6. The Hall–Kier alpha value is -3.45. The Labute approximate surface area is 169 Å². The highest BCUT2D eigenvalue weighted by molar-refractivity contribution is 6.30. The summed E-state index contributed by atoms with van der Waals surface area (Å²) in [6.07, 6.45) is 2.94. The number of imidazole rings is 1. The smallest absolute Gasteiger partial charge is 0.320 e. The normalized spacial score (nSPS) is 11.1. The zero-order valence-electron chi connectivity index (χ0n) is 15.3. The van der Waals surface area contributed by atoms with Crippen LogP contribution in [0, 0.1) is 5.82 Å². The summed E-state index contributed by atoms with van der Waals surface area (Å²) in [5.41, 5.74) is 0.563. The maximum Gasteiger partial charge on any atom is 0.337 e. The van der Waals surface area contributed by atoms with E-state index in [1.54, 1.807) is 41.0 Å². The molecular weight excluding hydrogens is 395 g/mol. The van der Waals surface area contributed by atoms with Crippen molar-refractivity contribution in [2.45, 2.75) is 13.1 Å². The van der Waals surface area contributed by atoms with Gasteiger partial charge in [-0.15, -0.1) is 6.58 Å². The average molecular weight is 411 g/mol. The number of hydrogen-bond donors (Lipinski definition) is 0. The molecule has 0 N–H and O–H groups in total. The highest BCUT2D eigenvalue weighted by atomic mass is 35.5. The fourth-order valence-electron chi connectivity index (χ4n) is 3.27. The summed E-state index contributed by atoms with van der Waals surface area (Å²) in [5, 5.41) is 0.447. The molecule has 0 fully saturated rings. The van der Waals surface area contributed by atoms with Gasteiger partial charge in [0.05, 0.1) is 12.0 Å². The third-order valence-electron chi connectivity index (χ3n) is 4.52. The first-order valence-electron chi connectivity index (χ1n) is 8.81. The largest absolute Gasteiger partial charge is 0.337 e. The van der Waals surface area contributed by atoms with Crippen molar-refractivity contribution < 1.29 is 4.39 Å². The first-order valence-corrected chi connectivity index (χ1v) is 9.19. The summed E-state index contributed by atoms with van der Waals surface area (Å²) in [7, 11) is 0. The van der Waals surface area contributed by atoms with Crippen LogP contribution in [0.1, 0.15) is 5.56 Å². The lowest BCUT2D eigenvalue weighted by Gasteiger charge is -2.12. The Morgan fingerprint density at radius 1 is 1.14 bits per heavy atom. The van der Waals surface area contributed by atoms with Gasteiger partial charge < -0.3 is 4.57 Å². The van der Waals surface area contributed by atoms with Crippen LogP contribution in [-0.2, 0) is 13.1 Å². The number of hydrogen-bond acceptors (Lipinski definition) is 3. The van der Waals surface area contributed by atoms with Crippen molar-refractivity contribution in [3.63, 3.8) is 0 Å². The van der Waals surface area contributed by atoms with Gasteiger partial charge in [0.2, 0.25) is 0 Å².